The maximum atomic E-state index is 10.8. The van der Waals surface area contributed by atoms with Gasteiger partial charge in [-0.2, -0.15) is 0 Å². The van der Waals surface area contributed by atoms with Crippen LogP contribution in [0.25, 0.3) is 0 Å². The Balaban J connectivity index is 2.11. The molecular formula is C11H22N2O2. The highest BCUT2D eigenvalue weighted by Crippen LogP contribution is 2.25. The second-order valence-electron chi connectivity index (χ2n) is 4.38. The molecule has 1 atom stereocenters. The van der Waals surface area contributed by atoms with E-state index in [-0.39, 0.29) is 6.61 Å². The summed E-state index contributed by atoms with van der Waals surface area (Å²) in [6.45, 7) is 0.568. The number of nitrogens with two attached hydrogens (primary N) is 1. The maximum Gasteiger partial charge on any atom is 0.236 e. The van der Waals surface area contributed by atoms with E-state index in [2.05, 4.69) is 5.32 Å². The third-order valence-electron chi connectivity index (χ3n) is 3.19. The topological polar surface area (TPSA) is 75.4 Å². The van der Waals surface area contributed by atoms with E-state index in [1.54, 1.807) is 0 Å². The summed E-state index contributed by atoms with van der Waals surface area (Å²) in [5.41, 5.74) is 5.11. The van der Waals surface area contributed by atoms with Gasteiger partial charge >= 0.3 is 0 Å². The molecule has 1 saturated carbocycles. The molecule has 4 N–H and O–H groups in total. The van der Waals surface area contributed by atoms with Crippen LogP contribution in [0.1, 0.15) is 38.5 Å². The van der Waals surface area contributed by atoms with E-state index in [1.807, 2.05) is 0 Å². The van der Waals surface area contributed by atoms with Gasteiger partial charge in [0.05, 0.1) is 6.61 Å². The molecule has 0 unspecified atom stereocenters. The third-order valence-corrected chi connectivity index (χ3v) is 3.19. The van der Waals surface area contributed by atoms with Gasteiger partial charge in [-0.25, -0.2) is 0 Å². The van der Waals surface area contributed by atoms with E-state index in [9.17, 15) is 4.79 Å². The second-order valence-corrected chi connectivity index (χ2v) is 4.38. The molecule has 0 heterocycles. The van der Waals surface area contributed by atoms with Gasteiger partial charge in [-0.1, -0.05) is 32.1 Å². The molecule has 0 saturated heterocycles. The lowest BCUT2D eigenvalue weighted by atomic mass is 9.87. The number of aliphatic hydroxyl groups is 1. The average molecular weight is 214 g/mol. The Morgan fingerprint density at radius 2 is 2.07 bits per heavy atom. The van der Waals surface area contributed by atoms with Gasteiger partial charge < -0.3 is 16.2 Å². The third kappa shape index (κ3) is 4.62. The number of primary amides is 1. The molecule has 4 nitrogen and oxygen atoms in total. The first-order valence-electron chi connectivity index (χ1n) is 5.87. The fraction of sp³-hybridized carbons (Fsp3) is 0.909. The van der Waals surface area contributed by atoms with Gasteiger partial charge in [0.2, 0.25) is 5.91 Å². The van der Waals surface area contributed by atoms with Crippen LogP contribution in [0.4, 0.5) is 0 Å². The number of hydrogen-bond donors (Lipinski definition) is 3. The molecule has 4 heteroatoms. The number of carbonyl (C=O) groups is 1. The molecule has 1 rings (SSSR count). The molecule has 0 aliphatic heterocycles. The van der Waals surface area contributed by atoms with E-state index < -0.39 is 11.9 Å². The smallest absolute Gasteiger partial charge is 0.236 e. The van der Waals surface area contributed by atoms with Crippen LogP contribution >= 0.6 is 0 Å². The Labute approximate surface area is 91.2 Å². The van der Waals surface area contributed by atoms with E-state index >= 15 is 0 Å². The summed E-state index contributed by atoms with van der Waals surface area (Å²) in [6, 6.07) is -0.575. The zero-order chi connectivity index (χ0) is 11.1. The number of aliphatic hydroxyl groups excluding tert-OH is 1. The Morgan fingerprint density at radius 3 is 2.60 bits per heavy atom. The first-order chi connectivity index (χ1) is 7.24. The van der Waals surface area contributed by atoms with Crippen molar-refractivity contribution in [3.63, 3.8) is 0 Å². The summed E-state index contributed by atoms with van der Waals surface area (Å²) in [6.07, 6.45) is 7.74. The van der Waals surface area contributed by atoms with Crippen molar-refractivity contribution >= 4 is 5.91 Å². The Hall–Kier alpha value is -0.610. The minimum absolute atomic E-state index is 0.208. The second kappa shape index (κ2) is 6.80. The molecule has 1 amide bonds. The number of hydrogen-bond acceptors (Lipinski definition) is 3. The monoisotopic (exact) mass is 214 g/mol. The summed E-state index contributed by atoms with van der Waals surface area (Å²) in [5, 5.41) is 11.9. The molecule has 0 bridgehead atoms. The molecule has 88 valence electrons. The maximum absolute atomic E-state index is 10.8. The predicted molar refractivity (Wildman–Crippen MR) is 59.3 cm³/mol. The molecule has 15 heavy (non-hydrogen) atoms. The molecule has 0 radical (unpaired) electrons. The SMILES string of the molecule is NC(=O)[C@H](CO)NCCC1CCCCC1. The van der Waals surface area contributed by atoms with Crippen LogP contribution in [0.5, 0.6) is 0 Å². The van der Waals surface area contributed by atoms with Crippen molar-refractivity contribution in [3.05, 3.63) is 0 Å². The van der Waals surface area contributed by atoms with Gasteiger partial charge in [0.15, 0.2) is 0 Å². The van der Waals surface area contributed by atoms with E-state index in [1.165, 1.54) is 32.1 Å². The summed E-state index contributed by atoms with van der Waals surface area (Å²) < 4.78 is 0. The fourth-order valence-electron chi connectivity index (χ4n) is 2.19. The lowest BCUT2D eigenvalue weighted by Gasteiger charge is -2.22. The Morgan fingerprint density at radius 1 is 1.40 bits per heavy atom. The van der Waals surface area contributed by atoms with Crippen LogP contribution in [-0.2, 0) is 4.79 Å². The summed E-state index contributed by atoms with van der Waals surface area (Å²) in [4.78, 5) is 10.8. The van der Waals surface area contributed by atoms with Crippen LogP contribution < -0.4 is 11.1 Å². The normalized spacial score (nSPS) is 20.1. The van der Waals surface area contributed by atoms with Gasteiger partial charge in [0.25, 0.3) is 0 Å². The lowest BCUT2D eigenvalue weighted by Crippen LogP contribution is -2.44. The number of amides is 1. The molecule has 0 spiro atoms. The quantitative estimate of drug-likeness (QED) is 0.599. The van der Waals surface area contributed by atoms with Gasteiger partial charge in [-0.15, -0.1) is 0 Å². The molecule has 1 aliphatic carbocycles. The molecule has 0 aromatic carbocycles. The fourth-order valence-corrected chi connectivity index (χ4v) is 2.19. The van der Waals surface area contributed by atoms with E-state index in [4.69, 9.17) is 10.8 Å². The highest BCUT2D eigenvalue weighted by molar-refractivity contribution is 5.79. The van der Waals surface area contributed by atoms with E-state index in [0.717, 1.165) is 18.9 Å². The van der Waals surface area contributed by atoms with Gasteiger partial charge in [-0.05, 0) is 18.9 Å². The van der Waals surface area contributed by atoms with Crippen molar-refractivity contribution < 1.29 is 9.90 Å². The van der Waals surface area contributed by atoms with Gasteiger partial charge in [0.1, 0.15) is 6.04 Å². The average Bonchev–Trinajstić information content (AvgIpc) is 2.25. The summed E-state index contributed by atoms with van der Waals surface area (Å²) in [7, 11) is 0. The summed E-state index contributed by atoms with van der Waals surface area (Å²) in [5.74, 6) is 0.319. The summed E-state index contributed by atoms with van der Waals surface area (Å²) >= 11 is 0. The van der Waals surface area contributed by atoms with Gasteiger partial charge in [0, 0.05) is 0 Å². The molecular weight excluding hydrogens is 192 g/mol. The van der Waals surface area contributed by atoms with Crippen molar-refractivity contribution in [1.29, 1.82) is 0 Å². The zero-order valence-electron chi connectivity index (χ0n) is 9.24. The number of rotatable bonds is 6. The van der Waals surface area contributed by atoms with Crippen molar-refractivity contribution in [3.8, 4) is 0 Å². The van der Waals surface area contributed by atoms with Crippen molar-refractivity contribution in [2.24, 2.45) is 11.7 Å². The highest BCUT2D eigenvalue weighted by atomic mass is 16.3. The van der Waals surface area contributed by atoms with Crippen molar-refractivity contribution in [2.45, 2.75) is 44.6 Å². The molecule has 1 fully saturated rings. The van der Waals surface area contributed by atoms with Crippen LogP contribution in [0.15, 0.2) is 0 Å². The van der Waals surface area contributed by atoms with Crippen molar-refractivity contribution in [2.75, 3.05) is 13.2 Å². The van der Waals surface area contributed by atoms with Crippen LogP contribution in [0.3, 0.4) is 0 Å². The van der Waals surface area contributed by atoms with Crippen LogP contribution in [0, 0.1) is 5.92 Å². The minimum atomic E-state index is -0.575. The lowest BCUT2D eigenvalue weighted by molar-refractivity contribution is -0.120. The largest absolute Gasteiger partial charge is 0.394 e. The molecule has 0 aromatic heterocycles. The van der Waals surface area contributed by atoms with Gasteiger partial charge in [-0.3, -0.25) is 4.79 Å². The minimum Gasteiger partial charge on any atom is -0.394 e. The molecule has 1 aliphatic rings. The first kappa shape index (κ1) is 12.5. The zero-order valence-corrected chi connectivity index (χ0v) is 9.24. The molecule has 0 aromatic rings. The van der Waals surface area contributed by atoms with Crippen LogP contribution in [0.2, 0.25) is 0 Å². The standard InChI is InChI=1S/C11H22N2O2/c12-11(15)10(8-14)13-7-6-9-4-2-1-3-5-9/h9-10,13-14H,1-8H2,(H2,12,15)/t10-/m0/s1. The highest BCUT2D eigenvalue weighted by Gasteiger charge is 2.16. The number of nitrogens with one attached hydrogen (secondary N) is 1. The number of carbonyl (C=O) groups excluding carboxylic acids is 1. The first-order valence-corrected chi connectivity index (χ1v) is 5.87. The Bertz CT molecular complexity index is 191. The van der Waals surface area contributed by atoms with Crippen molar-refractivity contribution in [1.82, 2.24) is 5.32 Å². The predicted octanol–water partition coefficient (Wildman–Crippen LogP) is 0.393. The Kier molecular flexibility index (Phi) is 5.65. The van der Waals surface area contributed by atoms with E-state index in [0.29, 0.717) is 0 Å². The van der Waals surface area contributed by atoms with Crippen LogP contribution in [-0.4, -0.2) is 30.2 Å².